The van der Waals surface area contributed by atoms with Crippen LogP contribution in [-0.2, 0) is 19.2 Å². The summed E-state index contributed by atoms with van der Waals surface area (Å²) in [6.07, 6.45) is -1.67. The molecule has 0 bridgehead atoms. The molecule has 3 aromatic rings. The molecule has 0 saturated carbocycles. The van der Waals surface area contributed by atoms with Crippen LogP contribution in [0.4, 0.5) is 11.4 Å². The first-order valence-corrected chi connectivity index (χ1v) is 18.9. The van der Waals surface area contributed by atoms with Crippen LogP contribution >= 0.6 is 11.8 Å². The van der Waals surface area contributed by atoms with Crippen molar-refractivity contribution in [1.82, 2.24) is 21.3 Å². The van der Waals surface area contributed by atoms with Crippen molar-refractivity contribution in [3.8, 4) is 0 Å². The lowest BCUT2D eigenvalue weighted by Gasteiger charge is -2.29. The smallest absolute Gasteiger partial charge is 0.335 e. The number of nitrogen functional groups attached to an aromatic ring is 1. The van der Waals surface area contributed by atoms with Crippen LogP contribution in [0.5, 0.6) is 0 Å². The number of carbonyl (C=O) groups is 7. The highest BCUT2D eigenvalue weighted by Crippen LogP contribution is 2.21. The zero-order valence-corrected chi connectivity index (χ0v) is 32.7. The van der Waals surface area contributed by atoms with Crippen molar-refractivity contribution in [2.45, 2.75) is 69.3 Å². The second kappa shape index (κ2) is 21.4. The number of aliphatic hydroxyl groups excluding tert-OH is 1. The fourth-order valence-corrected chi connectivity index (χ4v) is 6.38. The van der Waals surface area contributed by atoms with E-state index < -0.39 is 77.7 Å². The topological polar surface area (TPSA) is 292 Å². The van der Waals surface area contributed by atoms with Crippen molar-refractivity contribution >= 4 is 64.6 Å². The van der Waals surface area contributed by atoms with Crippen LogP contribution in [0, 0.1) is 11.8 Å². The largest absolute Gasteiger partial charge is 0.478 e. The highest BCUT2D eigenvalue weighted by molar-refractivity contribution is 7.99. The fourth-order valence-electron chi connectivity index (χ4n) is 5.39. The normalized spacial score (nSPS) is 13.7. The summed E-state index contributed by atoms with van der Waals surface area (Å²) in [7, 11) is 0. The van der Waals surface area contributed by atoms with Crippen molar-refractivity contribution in [3.05, 3.63) is 89.5 Å². The maximum atomic E-state index is 13.9. The van der Waals surface area contributed by atoms with Gasteiger partial charge in [0.15, 0.2) is 6.10 Å². The zero-order valence-electron chi connectivity index (χ0n) is 31.9. The lowest BCUT2D eigenvalue weighted by Crippen LogP contribution is -2.60. The third kappa shape index (κ3) is 14.2. The van der Waals surface area contributed by atoms with Crippen molar-refractivity contribution in [2.75, 3.05) is 23.3 Å². The molecule has 12 N–H and O–H groups in total. The number of carboxylic acids is 2. The monoisotopic (exact) mass is 807 g/mol. The van der Waals surface area contributed by atoms with E-state index in [1.165, 1.54) is 48.2 Å². The van der Waals surface area contributed by atoms with Gasteiger partial charge in [-0.15, -0.1) is 11.8 Å². The van der Waals surface area contributed by atoms with Crippen LogP contribution < -0.4 is 38.1 Å². The van der Waals surface area contributed by atoms with Gasteiger partial charge < -0.3 is 53.4 Å². The van der Waals surface area contributed by atoms with Crippen LogP contribution in [-0.4, -0.2) is 99.4 Å². The Morgan fingerprint density at radius 3 is 1.98 bits per heavy atom. The molecule has 0 saturated heterocycles. The van der Waals surface area contributed by atoms with E-state index in [0.29, 0.717) is 0 Å². The Morgan fingerprint density at radius 2 is 1.37 bits per heavy atom. The Morgan fingerprint density at radius 1 is 0.719 bits per heavy atom. The van der Waals surface area contributed by atoms with E-state index in [2.05, 4.69) is 26.6 Å². The molecule has 5 atom stereocenters. The highest BCUT2D eigenvalue weighted by atomic mass is 32.2. The van der Waals surface area contributed by atoms with E-state index >= 15 is 0 Å². The molecule has 0 aliphatic rings. The fraction of sp³-hybridized carbons (Fsp3) is 0.359. The summed E-state index contributed by atoms with van der Waals surface area (Å²) in [4.78, 5) is 90.2. The van der Waals surface area contributed by atoms with Gasteiger partial charge in [-0.1, -0.05) is 52.0 Å². The standard InChI is InChI=1S/C39H49N7O10S/c1-20(2)13-29(44-36(51)31(21(3)4)46-34(49)28(41)18-42-33(48)23-14-24(39(55)56)16-25(40)15-23)35(50)45-30(19-57-27-11-6-5-7-12-27)32(47)37(52)43-26-10-8-9-22(17-26)38(53)54/h5-12,14-17,20-21,28-32,47H,13,18-19,40-41H2,1-4H3,(H,42,48)(H,43,52)(H,44,51)(H,45,50)(H,46,49)(H,53,54)(H,55,56)/t28-,29-,30-,31-,32+/m0/s1. The van der Waals surface area contributed by atoms with E-state index in [-0.39, 0.29) is 52.7 Å². The van der Waals surface area contributed by atoms with E-state index in [0.717, 1.165) is 11.0 Å². The van der Waals surface area contributed by atoms with E-state index in [1.807, 2.05) is 32.0 Å². The summed E-state index contributed by atoms with van der Waals surface area (Å²) in [5.74, 6) is -6.97. The van der Waals surface area contributed by atoms with Crippen LogP contribution in [0.25, 0.3) is 0 Å². The molecule has 3 rings (SSSR count). The average molecular weight is 808 g/mol. The predicted octanol–water partition coefficient (Wildman–Crippen LogP) is 1.67. The van der Waals surface area contributed by atoms with Crippen LogP contribution in [0.1, 0.15) is 65.2 Å². The number of thioether (sulfide) groups is 1. The predicted molar refractivity (Wildman–Crippen MR) is 213 cm³/mol. The maximum Gasteiger partial charge on any atom is 0.335 e. The summed E-state index contributed by atoms with van der Waals surface area (Å²) >= 11 is 1.26. The molecule has 0 aliphatic carbocycles. The molecular weight excluding hydrogens is 759 g/mol. The number of aromatic carboxylic acids is 2. The number of aliphatic hydroxyl groups is 1. The van der Waals surface area contributed by atoms with Gasteiger partial charge in [-0.25, -0.2) is 9.59 Å². The quantitative estimate of drug-likeness (QED) is 0.0575. The molecule has 57 heavy (non-hydrogen) atoms. The number of benzene rings is 3. The van der Waals surface area contributed by atoms with Crippen LogP contribution in [0.15, 0.2) is 77.7 Å². The third-order valence-electron chi connectivity index (χ3n) is 8.40. The first-order valence-electron chi connectivity index (χ1n) is 17.9. The number of hydrogen-bond acceptors (Lipinski definition) is 11. The van der Waals surface area contributed by atoms with Gasteiger partial charge in [-0.3, -0.25) is 24.0 Å². The Labute approximate surface area is 333 Å². The average Bonchev–Trinajstić information content (AvgIpc) is 3.16. The molecule has 18 heteroatoms. The summed E-state index contributed by atoms with van der Waals surface area (Å²) in [5, 5.41) is 42.7. The molecule has 17 nitrogen and oxygen atoms in total. The second-order valence-corrected chi connectivity index (χ2v) is 15.0. The van der Waals surface area contributed by atoms with E-state index in [9.17, 15) is 48.9 Å². The van der Waals surface area contributed by atoms with Crippen LogP contribution in [0.3, 0.4) is 0 Å². The second-order valence-electron chi connectivity index (χ2n) is 13.9. The third-order valence-corrected chi connectivity index (χ3v) is 9.53. The van der Waals surface area contributed by atoms with Crippen molar-refractivity contribution in [2.24, 2.45) is 17.6 Å². The summed E-state index contributed by atoms with van der Waals surface area (Å²) < 4.78 is 0. The summed E-state index contributed by atoms with van der Waals surface area (Å²) in [6.45, 7) is 6.59. The Kier molecular flexibility index (Phi) is 17.0. The number of carbonyl (C=O) groups excluding carboxylic acids is 5. The van der Waals surface area contributed by atoms with Gasteiger partial charge in [0, 0.05) is 34.1 Å². The molecule has 0 aromatic heterocycles. The maximum absolute atomic E-state index is 13.9. The number of carboxylic acid groups (broad SMARTS) is 2. The molecule has 0 aliphatic heterocycles. The van der Waals surface area contributed by atoms with Crippen molar-refractivity contribution in [3.63, 3.8) is 0 Å². The molecule has 0 radical (unpaired) electrons. The molecule has 0 spiro atoms. The first-order chi connectivity index (χ1) is 26.9. The summed E-state index contributed by atoms with van der Waals surface area (Å²) in [5.41, 5.74) is 11.6. The number of hydrogen-bond donors (Lipinski definition) is 10. The SMILES string of the molecule is CC(C)C[C@H](NC(=O)[C@@H](NC(=O)[C@@H](N)CNC(=O)c1cc(N)cc(C(=O)O)c1)C(C)C)C(=O)N[C@@H](CSc1ccccc1)[C@@H](O)C(=O)Nc1cccc(C(=O)O)c1. The zero-order chi connectivity index (χ0) is 42.4. The van der Waals surface area contributed by atoms with Crippen LogP contribution in [0.2, 0.25) is 0 Å². The lowest BCUT2D eigenvalue weighted by atomic mass is 9.99. The first kappa shape index (κ1) is 45.4. The molecule has 0 fully saturated rings. The molecular formula is C39H49N7O10S. The van der Waals surface area contributed by atoms with Gasteiger partial charge in [0.1, 0.15) is 18.1 Å². The highest BCUT2D eigenvalue weighted by Gasteiger charge is 2.34. The van der Waals surface area contributed by atoms with Gasteiger partial charge in [0.25, 0.3) is 11.8 Å². The molecule has 0 heterocycles. The Bertz CT molecular complexity index is 1930. The number of rotatable bonds is 20. The lowest BCUT2D eigenvalue weighted by molar-refractivity contribution is -0.134. The Hall–Kier alpha value is -5.98. The minimum atomic E-state index is -1.81. The van der Waals surface area contributed by atoms with Gasteiger partial charge in [0.2, 0.25) is 17.7 Å². The van der Waals surface area contributed by atoms with Gasteiger partial charge >= 0.3 is 11.9 Å². The molecule has 0 unspecified atom stereocenters. The Balaban J connectivity index is 1.73. The molecule has 306 valence electrons. The minimum absolute atomic E-state index is 0.0271. The number of anilines is 2. The molecule has 3 aromatic carbocycles. The van der Waals surface area contributed by atoms with Crippen molar-refractivity contribution < 1.29 is 48.9 Å². The van der Waals surface area contributed by atoms with Gasteiger partial charge in [-0.2, -0.15) is 0 Å². The van der Waals surface area contributed by atoms with E-state index in [4.69, 9.17) is 11.5 Å². The van der Waals surface area contributed by atoms with Gasteiger partial charge in [0.05, 0.1) is 17.2 Å². The summed E-state index contributed by atoms with van der Waals surface area (Å²) in [6, 6.07) is 13.2. The molecule has 5 amide bonds. The minimum Gasteiger partial charge on any atom is -0.478 e. The van der Waals surface area contributed by atoms with Gasteiger partial charge in [-0.05, 0) is 66.8 Å². The number of amides is 5. The number of nitrogens with two attached hydrogens (primary N) is 2. The van der Waals surface area contributed by atoms with E-state index in [1.54, 1.807) is 26.0 Å². The number of nitrogens with one attached hydrogen (secondary N) is 5. The van der Waals surface area contributed by atoms with Crippen molar-refractivity contribution in [1.29, 1.82) is 0 Å².